The summed E-state index contributed by atoms with van der Waals surface area (Å²) in [5.41, 5.74) is 1.14. The molecule has 0 saturated heterocycles. The number of rotatable bonds is 10. The van der Waals surface area contributed by atoms with Crippen molar-refractivity contribution < 1.29 is 13.2 Å². The highest BCUT2D eigenvalue weighted by Crippen LogP contribution is 2.23. The van der Waals surface area contributed by atoms with Gasteiger partial charge in [0.2, 0.25) is 0 Å². The lowest BCUT2D eigenvalue weighted by molar-refractivity contribution is 0.316. The summed E-state index contributed by atoms with van der Waals surface area (Å²) in [5, 5.41) is 3.26. The number of ether oxygens (including phenoxy) is 1. The highest BCUT2D eigenvalue weighted by Gasteiger charge is 2.13. The van der Waals surface area contributed by atoms with E-state index in [1.807, 2.05) is 31.3 Å². The van der Waals surface area contributed by atoms with Gasteiger partial charge in [-0.1, -0.05) is 26.0 Å². The van der Waals surface area contributed by atoms with E-state index in [9.17, 15) is 8.42 Å². The lowest BCUT2D eigenvalue weighted by atomic mass is 10.0. The Hall–Kier alpha value is -1.07. The molecule has 0 heterocycles. The van der Waals surface area contributed by atoms with Gasteiger partial charge in [0.25, 0.3) is 0 Å². The first-order valence-electron chi connectivity index (χ1n) is 7.62. The number of hydrogen-bond acceptors (Lipinski definition) is 4. The summed E-state index contributed by atoms with van der Waals surface area (Å²) >= 11 is 0. The molecule has 0 bridgehead atoms. The molecule has 1 unspecified atom stereocenters. The van der Waals surface area contributed by atoms with Crippen LogP contribution in [0.25, 0.3) is 0 Å². The minimum atomic E-state index is -2.88. The first-order valence-corrected chi connectivity index (χ1v) is 9.45. The molecule has 0 aliphatic carbocycles. The maximum Gasteiger partial charge on any atom is 0.150 e. The average Bonchev–Trinajstić information content (AvgIpc) is 2.50. The second kappa shape index (κ2) is 9.05. The van der Waals surface area contributed by atoms with Gasteiger partial charge < -0.3 is 10.1 Å². The summed E-state index contributed by atoms with van der Waals surface area (Å²) in [6.07, 6.45) is 2.45. The van der Waals surface area contributed by atoms with Crippen molar-refractivity contribution in [2.24, 2.45) is 0 Å². The molecule has 1 atom stereocenters. The Bertz CT molecular complexity index is 514. The number of hydrogen-bond donors (Lipinski definition) is 1. The van der Waals surface area contributed by atoms with Crippen molar-refractivity contribution in [3.8, 4) is 5.75 Å². The van der Waals surface area contributed by atoms with E-state index in [0.717, 1.165) is 24.2 Å². The monoisotopic (exact) mass is 313 g/mol. The van der Waals surface area contributed by atoms with Gasteiger partial charge in [0.1, 0.15) is 15.6 Å². The fraction of sp³-hybridized carbons (Fsp3) is 0.625. The third-order valence-corrected chi connectivity index (χ3v) is 5.26. The molecule has 0 radical (unpaired) electrons. The van der Waals surface area contributed by atoms with Crippen molar-refractivity contribution in [2.45, 2.75) is 39.2 Å². The van der Waals surface area contributed by atoms with Gasteiger partial charge in [0, 0.05) is 11.8 Å². The van der Waals surface area contributed by atoms with E-state index in [1.165, 1.54) is 0 Å². The van der Waals surface area contributed by atoms with Crippen molar-refractivity contribution in [3.05, 3.63) is 29.8 Å². The van der Waals surface area contributed by atoms with Gasteiger partial charge in [-0.05, 0) is 44.0 Å². The molecule has 5 heteroatoms. The zero-order valence-corrected chi connectivity index (χ0v) is 14.1. The van der Waals surface area contributed by atoms with Crippen LogP contribution < -0.4 is 10.1 Å². The summed E-state index contributed by atoms with van der Waals surface area (Å²) in [6.45, 7) is 4.48. The average molecular weight is 313 g/mol. The normalized spacial score (nSPS) is 13.1. The van der Waals surface area contributed by atoms with Crippen LogP contribution in [-0.4, -0.2) is 33.6 Å². The fourth-order valence-corrected chi connectivity index (χ4v) is 3.07. The smallest absolute Gasteiger partial charge is 0.150 e. The molecular formula is C16H27NO3S. The summed E-state index contributed by atoms with van der Waals surface area (Å²) < 4.78 is 28.7. The highest BCUT2D eigenvalue weighted by atomic mass is 32.2. The maximum absolute atomic E-state index is 11.5. The fourth-order valence-electron chi connectivity index (χ4n) is 2.17. The zero-order valence-electron chi connectivity index (χ0n) is 13.3. The predicted octanol–water partition coefficient (Wildman–Crippen LogP) is 2.95. The van der Waals surface area contributed by atoms with Crippen LogP contribution in [-0.2, 0) is 9.84 Å². The van der Waals surface area contributed by atoms with E-state index >= 15 is 0 Å². The second-order valence-corrected chi connectivity index (χ2v) is 7.61. The second-order valence-electron chi connectivity index (χ2n) is 5.14. The molecular weight excluding hydrogens is 286 g/mol. The Balaban J connectivity index is 2.63. The molecule has 0 aromatic heterocycles. The third-order valence-electron chi connectivity index (χ3n) is 3.47. The topological polar surface area (TPSA) is 55.4 Å². The van der Waals surface area contributed by atoms with Crippen LogP contribution in [0, 0.1) is 0 Å². The molecule has 120 valence electrons. The van der Waals surface area contributed by atoms with E-state index in [1.54, 1.807) is 6.92 Å². The van der Waals surface area contributed by atoms with E-state index in [-0.39, 0.29) is 17.5 Å². The molecule has 0 spiro atoms. The molecule has 4 nitrogen and oxygen atoms in total. The van der Waals surface area contributed by atoms with Crippen LogP contribution in [0.2, 0.25) is 0 Å². The van der Waals surface area contributed by atoms with Crippen LogP contribution in [0.5, 0.6) is 5.75 Å². The molecule has 21 heavy (non-hydrogen) atoms. The molecule has 1 aromatic rings. The van der Waals surface area contributed by atoms with Crippen molar-refractivity contribution >= 4 is 9.84 Å². The molecule has 0 fully saturated rings. The van der Waals surface area contributed by atoms with Gasteiger partial charge in [0.15, 0.2) is 0 Å². The summed E-state index contributed by atoms with van der Waals surface area (Å²) in [7, 11) is -0.977. The molecule has 0 saturated carbocycles. The van der Waals surface area contributed by atoms with Crippen LogP contribution in [0.15, 0.2) is 24.3 Å². The summed E-state index contributed by atoms with van der Waals surface area (Å²) in [6, 6.07) is 8.17. The lowest BCUT2D eigenvalue weighted by Gasteiger charge is -2.17. The molecule has 1 N–H and O–H groups in total. The Kier molecular flexibility index (Phi) is 7.75. The molecule has 0 aliphatic heterocycles. The molecule has 0 amide bonds. The quantitative estimate of drug-likeness (QED) is 0.721. The minimum absolute atomic E-state index is 0.155. The molecule has 0 aliphatic rings. The van der Waals surface area contributed by atoms with Crippen LogP contribution in [0.4, 0.5) is 0 Å². The van der Waals surface area contributed by atoms with E-state index in [0.29, 0.717) is 13.0 Å². The van der Waals surface area contributed by atoms with Crippen LogP contribution in [0.1, 0.15) is 44.7 Å². The van der Waals surface area contributed by atoms with Crippen molar-refractivity contribution in [1.82, 2.24) is 5.32 Å². The van der Waals surface area contributed by atoms with Gasteiger partial charge >= 0.3 is 0 Å². The number of sulfone groups is 1. The number of benzene rings is 1. The largest absolute Gasteiger partial charge is 0.494 e. The van der Waals surface area contributed by atoms with Crippen LogP contribution in [0.3, 0.4) is 0 Å². The van der Waals surface area contributed by atoms with E-state index in [2.05, 4.69) is 12.2 Å². The van der Waals surface area contributed by atoms with Crippen molar-refractivity contribution in [3.63, 3.8) is 0 Å². The first-order chi connectivity index (χ1) is 10.0. The van der Waals surface area contributed by atoms with Gasteiger partial charge in [-0.3, -0.25) is 0 Å². The SMILES string of the molecule is CCCOc1cccc(C(CCCS(=O)(=O)CC)NC)c1. The van der Waals surface area contributed by atoms with Gasteiger partial charge in [0.05, 0.1) is 12.4 Å². The Morgan fingerprint density at radius 2 is 2.05 bits per heavy atom. The number of nitrogens with one attached hydrogen (secondary N) is 1. The standard InChI is InChI=1S/C16H27NO3S/c1-4-11-20-15-9-6-8-14(13-15)16(17-3)10-7-12-21(18,19)5-2/h6,8-9,13,16-17H,4-5,7,10-12H2,1-3H3. The van der Waals surface area contributed by atoms with E-state index < -0.39 is 9.84 Å². The maximum atomic E-state index is 11.5. The minimum Gasteiger partial charge on any atom is -0.494 e. The Morgan fingerprint density at radius 3 is 2.67 bits per heavy atom. The van der Waals surface area contributed by atoms with Gasteiger partial charge in [-0.15, -0.1) is 0 Å². The van der Waals surface area contributed by atoms with Crippen molar-refractivity contribution in [2.75, 3.05) is 25.2 Å². The van der Waals surface area contributed by atoms with Gasteiger partial charge in [-0.2, -0.15) is 0 Å². The predicted molar refractivity (Wildman–Crippen MR) is 87.6 cm³/mol. The summed E-state index contributed by atoms with van der Waals surface area (Å²) in [4.78, 5) is 0. The molecule has 1 rings (SSSR count). The van der Waals surface area contributed by atoms with E-state index in [4.69, 9.17) is 4.74 Å². The molecule has 1 aromatic carbocycles. The zero-order chi connectivity index (χ0) is 15.7. The third kappa shape index (κ3) is 6.48. The first kappa shape index (κ1) is 18.0. The Morgan fingerprint density at radius 1 is 1.29 bits per heavy atom. The van der Waals surface area contributed by atoms with Crippen LogP contribution >= 0.6 is 0 Å². The Labute approximate surface area is 128 Å². The van der Waals surface area contributed by atoms with Crippen molar-refractivity contribution in [1.29, 1.82) is 0 Å². The summed E-state index contributed by atoms with van der Waals surface area (Å²) in [5.74, 6) is 1.35. The highest BCUT2D eigenvalue weighted by molar-refractivity contribution is 7.91. The van der Waals surface area contributed by atoms with Gasteiger partial charge in [-0.25, -0.2) is 8.42 Å². The lowest BCUT2D eigenvalue weighted by Crippen LogP contribution is -2.18.